The minimum absolute atomic E-state index is 0.0240. The van der Waals surface area contributed by atoms with Gasteiger partial charge in [-0.3, -0.25) is 14.8 Å². The number of benzene rings is 2. The number of carbonyl (C=O) groups is 1. The molecule has 1 aromatic heterocycles. The van der Waals surface area contributed by atoms with Crippen molar-refractivity contribution in [2.24, 2.45) is 11.0 Å². The predicted molar refractivity (Wildman–Crippen MR) is 115 cm³/mol. The highest BCUT2D eigenvalue weighted by atomic mass is 16.5. The molecule has 1 amide bonds. The third-order valence-corrected chi connectivity index (χ3v) is 5.19. The molecular formula is C23H24N4O3. The van der Waals surface area contributed by atoms with Crippen LogP contribution in [0.3, 0.4) is 0 Å². The number of aromatic nitrogens is 2. The third-order valence-electron chi connectivity index (χ3n) is 5.19. The number of rotatable bonds is 5. The van der Waals surface area contributed by atoms with E-state index >= 15 is 0 Å². The first-order chi connectivity index (χ1) is 14.5. The zero-order valence-corrected chi connectivity index (χ0v) is 17.5. The van der Waals surface area contributed by atoms with E-state index in [0.29, 0.717) is 17.9 Å². The Morgan fingerprint density at radius 3 is 2.30 bits per heavy atom. The van der Waals surface area contributed by atoms with Gasteiger partial charge in [0.25, 0.3) is 0 Å². The average molecular weight is 404 g/mol. The Labute approximate surface area is 175 Å². The number of hydrogen-bond acceptors (Lipinski definition) is 6. The Hall–Kier alpha value is -3.48. The summed E-state index contributed by atoms with van der Waals surface area (Å²) in [6, 6.07) is 11.3. The second-order valence-electron chi connectivity index (χ2n) is 7.51. The number of carbonyl (C=O) groups excluding carboxylic acids is 1. The summed E-state index contributed by atoms with van der Waals surface area (Å²) in [5, 5.41) is 6.32. The van der Waals surface area contributed by atoms with E-state index in [2.05, 4.69) is 9.97 Å². The van der Waals surface area contributed by atoms with Gasteiger partial charge in [-0.05, 0) is 29.8 Å². The minimum atomic E-state index is -0.210. The number of nitrogens with zero attached hydrogens (tertiary/aromatic N) is 4. The quantitative estimate of drug-likeness (QED) is 0.643. The molecule has 0 saturated carbocycles. The van der Waals surface area contributed by atoms with E-state index in [-0.39, 0.29) is 17.9 Å². The molecule has 0 unspecified atom stereocenters. The number of hydrogen-bond donors (Lipinski definition) is 0. The highest BCUT2D eigenvalue weighted by molar-refractivity contribution is 6.04. The van der Waals surface area contributed by atoms with Crippen molar-refractivity contribution in [3.63, 3.8) is 0 Å². The van der Waals surface area contributed by atoms with Gasteiger partial charge in [0.2, 0.25) is 5.91 Å². The van der Waals surface area contributed by atoms with Crippen LogP contribution in [0.1, 0.15) is 37.4 Å². The number of ether oxygens (including phenoxy) is 2. The summed E-state index contributed by atoms with van der Waals surface area (Å²) < 4.78 is 10.8. The first-order valence-electron chi connectivity index (χ1n) is 9.85. The van der Waals surface area contributed by atoms with Crippen LogP contribution in [0.15, 0.2) is 53.9 Å². The summed E-state index contributed by atoms with van der Waals surface area (Å²) in [6.07, 6.45) is 3.92. The fraction of sp³-hybridized carbons (Fsp3) is 0.304. The molecule has 154 valence electrons. The van der Waals surface area contributed by atoms with Gasteiger partial charge in [-0.25, -0.2) is 5.01 Å². The lowest BCUT2D eigenvalue weighted by molar-refractivity contribution is -0.136. The molecule has 0 saturated heterocycles. The Balaban J connectivity index is 1.75. The van der Waals surface area contributed by atoms with Crippen molar-refractivity contribution >= 4 is 22.7 Å². The third kappa shape index (κ3) is 3.70. The highest BCUT2D eigenvalue weighted by Crippen LogP contribution is 2.36. The molecule has 2 aromatic carbocycles. The molecule has 0 N–H and O–H groups in total. The Bertz CT molecular complexity index is 1100. The fourth-order valence-electron chi connectivity index (χ4n) is 3.57. The topological polar surface area (TPSA) is 76.9 Å². The Morgan fingerprint density at radius 2 is 1.67 bits per heavy atom. The van der Waals surface area contributed by atoms with Crippen molar-refractivity contribution in [3.8, 4) is 11.5 Å². The lowest BCUT2D eigenvalue weighted by Crippen LogP contribution is -2.30. The molecule has 1 aliphatic heterocycles. The van der Waals surface area contributed by atoms with Crippen LogP contribution in [-0.4, -0.2) is 40.8 Å². The van der Waals surface area contributed by atoms with Crippen molar-refractivity contribution in [2.75, 3.05) is 14.2 Å². The standard InChI is InChI=1S/C23H24N4O3/c1-14(2)23(28)27-22(15-5-6-19-21(11-15)25-8-7-24-19)13-20(26-27)16-9-17(29-3)12-18(10-16)30-4/h5-12,14,22H,13H2,1-4H3/t22-/m1/s1. The number of amides is 1. The summed E-state index contributed by atoms with van der Waals surface area (Å²) >= 11 is 0. The number of methoxy groups -OCH3 is 2. The summed E-state index contributed by atoms with van der Waals surface area (Å²) in [7, 11) is 3.23. The highest BCUT2D eigenvalue weighted by Gasteiger charge is 2.34. The van der Waals surface area contributed by atoms with Crippen LogP contribution < -0.4 is 9.47 Å². The Morgan fingerprint density at radius 1 is 1.00 bits per heavy atom. The van der Waals surface area contributed by atoms with Crippen LogP contribution in [0.2, 0.25) is 0 Å². The van der Waals surface area contributed by atoms with Crippen molar-refractivity contribution < 1.29 is 14.3 Å². The molecule has 0 aliphatic carbocycles. The Kier molecular flexibility index (Phi) is 5.35. The van der Waals surface area contributed by atoms with Crippen LogP contribution in [0, 0.1) is 5.92 Å². The van der Waals surface area contributed by atoms with E-state index in [4.69, 9.17) is 14.6 Å². The predicted octanol–water partition coefficient (Wildman–Crippen LogP) is 3.98. The van der Waals surface area contributed by atoms with Crippen molar-refractivity contribution in [1.29, 1.82) is 0 Å². The van der Waals surface area contributed by atoms with Crippen LogP contribution >= 0.6 is 0 Å². The smallest absolute Gasteiger partial charge is 0.245 e. The van der Waals surface area contributed by atoms with Gasteiger partial charge in [-0.1, -0.05) is 19.9 Å². The molecule has 3 aromatic rings. The van der Waals surface area contributed by atoms with E-state index in [1.807, 2.05) is 50.2 Å². The summed E-state index contributed by atoms with van der Waals surface area (Å²) in [4.78, 5) is 21.7. The maximum atomic E-state index is 13.0. The summed E-state index contributed by atoms with van der Waals surface area (Å²) in [5.41, 5.74) is 4.27. The molecule has 0 bridgehead atoms. The fourth-order valence-corrected chi connectivity index (χ4v) is 3.57. The zero-order chi connectivity index (χ0) is 21.3. The lowest BCUT2D eigenvalue weighted by atomic mass is 9.97. The number of hydrazone groups is 1. The van der Waals surface area contributed by atoms with E-state index < -0.39 is 0 Å². The van der Waals surface area contributed by atoms with E-state index in [9.17, 15) is 4.79 Å². The van der Waals surface area contributed by atoms with Gasteiger partial charge in [-0.15, -0.1) is 0 Å². The van der Waals surface area contributed by atoms with E-state index in [1.54, 1.807) is 31.6 Å². The van der Waals surface area contributed by atoms with Crippen LogP contribution in [0.5, 0.6) is 11.5 Å². The first-order valence-corrected chi connectivity index (χ1v) is 9.85. The van der Waals surface area contributed by atoms with Crippen LogP contribution in [0.25, 0.3) is 11.0 Å². The SMILES string of the molecule is COc1cc(OC)cc(C2=NN(C(=O)C(C)C)[C@@H](c3ccc4nccnc4c3)C2)c1. The number of fused-ring (bicyclic) bond motifs is 1. The molecule has 1 atom stereocenters. The second kappa shape index (κ2) is 8.10. The van der Waals surface area contributed by atoms with Crippen LogP contribution in [0.4, 0.5) is 0 Å². The van der Waals surface area contributed by atoms with Gasteiger partial charge >= 0.3 is 0 Å². The lowest BCUT2D eigenvalue weighted by Gasteiger charge is -2.23. The maximum Gasteiger partial charge on any atom is 0.245 e. The second-order valence-corrected chi connectivity index (χ2v) is 7.51. The largest absolute Gasteiger partial charge is 0.497 e. The molecule has 2 heterocycles. The molecule has 1 aliphatic rings. The molecule has 0 fully saturated rings. The first kappa shape index (κ1) is 19.8. The molecule has 0 radical (unpaired) electrons. The molecule has 4 rings (SSSR count). The molecular weight excluding hydrogens is 380 g/mol. The monoisotopic (exact) mass is 404 g/mol. The van der Waals surface area contributed by atoms with Crippen molar-refractivity contribution in [2.45, 2.75) is 26.3 Å². The maximum absolute atomic E-state index is 13.0. The van der Waals surface area contributed by atoms with Gasteiger partial charge in [0.05, 0.1) is 37.0 Å². The molecule has 0 spiro atoms. The normalized spacial score (nSPS) is 16.1. The van der Waals surface area contributed by atoms with Crippen LogP contribution in [-0.2, 0) is 4.79 Å². The van der Waals surface area contributed by atoms with Gasteiger partial charge in [0.15, 0.2) is 0 Å². The summed E-state index contributed by atoms with van der Waals surface area (Å²) in [5.74, 6) is 1.16. The van der Waals surface area contributed by atoms with Crippen molar-refractivity contribution in [3.05, 3.63) is 59.9 Å². The van der Waals surface area contributed by atoms with Gasteiger partial charge < -0.3 is 9.47 Å². The van der Waals surface area contributed by atoms with E-state index in [0.717, 1.165) is 27.9 Å². The van der Waals surface area contributed by atoms with Gasteiger partial charge in [0, 0.05) is 36.4 Å². The van der Waals surface area contributed by atoms with Crippen molar-refractivity contribution in [1.82, 2.24) is 15.0 Å². The molecule has 7 nitrogen and oxygen atoms in total. The average Bonchev–Trinajstić information content (AvgIpc) is 3.23. The van der Waals surface area contributed by atoms with Gasteiger partial charge in [-0.2, -0.15) is 5.10 Å². The zero-order valence-electron chi connectivity index (χ0n) is 17.5. The molecule has 30 heavy (non-hydrogen) atoms. The molecule has 7 heteroatoms. The minimum Gasteiger partial charge on any atom is -0.497 e. The van der Waals surface area contributed by atoms with Gasteiger partial charge in [0.1, 0.15) is 11.5 Å². The van der Waals surface area contributed by atoms with E-state index in [1.165, 1.54) is 0 Å². The summed E-state index contributed by atoms with van der Waals surface area (Å²) in [6.45, 7) is 3.76.